The van der Waals surface area contributed by atoms with Crippen molar-refractivity contribution in [3.8, 4) is 33.6 Å². The summed E-state index contributed by atoms with van der Waals surface area (Å²) in [5.41, 5.74) is 14.0. The van der Waals surface area contributed by atoms with E-state index in [0.29, 0.717) is 0 Å². The molecule has 0 bridgehead atoms. The van der Waals surface area contributed by atoms with Crippen molar-refractivity contribution >= 4 is 21.9 Å². The van der Waals surface area contributed by atoms with Crippen molar-refractivity contribution in [1.29, 1.82) is 0 Å². The number of fused-ring (bicyclic) bond motifs is 3. The van der Waals surface area contributed by atoms with E-state index >= 15 is 0 Å². The molecule has 3 aromatic heterocycles. The van der Waals surface area contributed by atoms with E-state index in [-0.39, 0.29) is 25.5 Å². The number of pyridine rings is 2. The van der Waals surface area contributed by atoms with E-state index in [4.69, 9.17) is 4.42 Å². The van der Waals surface area contributed by atoms with Crippen molar-refractivity contribution in [1.82, 2.24) is 9.97 Å². The summed E-state index contributed by atoms with van der Waals surface area (Å²) in [4.78, 5) is 9.11. The molecule has 8 aromatic rings. The third-order valence-corrected chi connectivity index (χ3v) is 9.20. The zero-order valence-electron chi connectivity index (χ0n) is 28.9. The molecule has 0 aliphatic rings. The number of nitrogens with zero attached hydrogens (tertiary/aromatic N) is 2. The maximum Gasteiger partial charge on any atom is 0.121 e. The van der Waals surface area contributed by atoms with Gasteiger partial charge in [-0.2, -0.15) is 0 Å². The summed E-state index contributed by atoms with van der Waals surface area (Å²) in [5.74, 6) is 0. The Morgan fingerprint density at radius 3 is 2.08 bits per heavy atom. The number of aromatic nitrogens is 2. The minimum atomic E-state index is -0.0837. The monoisotopic (exact) mass is 827 g/mol. The van der Waals surface area contributed by atoms with Gasteiger partial charge in [0.05, 0.1) is 5.58 Å². The molecule has 0 N–H and O–H groups in total. The van der Waals surface area contributed by atoms with Gasteiger partial charge in [0.2, 0.25) is 0 Å². The number of aryl methyl sites for hydroxylation is 3. The molecular weight excluding hydrogens is 789 g/mol. The Kier molecular flexibility index (Phi) is 10.2. The molecule has 249 valence electrons. The van der Waals surface area contributed by atoms with E-state index < -0.39 is 0 Å². The van der Waals surface area contributed by atoms with Crippen molar-refractivity contribution in [2.45, 2.75) is 40.0 Å². The summed E-state index contributed by atoms with van der Waals surface area (Å²) in [6.45, 7) is 10.7. The van der Waals surface area contributed by atoms with Crippen LogP contribution >= 0.6 is 0 Å². The zero-order valence-corrected chi connectivity index (χ0v) is 31.3. The Hall–Kier alpha value is -5.15. The fourth-order valence-corrected chi connectivity index (χ4v) is 6.18. The Morgan fingerprint density at radius 2 is 1.32 bits per heavy atom. The van der Waals surface area contributed by atoms with Crippen LogP contribution in [0.25, 0.3) is 55.6 Å². The molecule has 1 radical (unpaired) electrons. The molecule has 0 saturated carbocycles. The van der Waals surface area contributed by atoms with Gasteiger partial charge >= 0.3 is 0 Å². The first-order valence-electron chi connectivity index (χ1n) is 16.6. The fraction of sp³-hybridized carbons (Fsp3) is 0.130. The summed E-state index contributed by atoms with van der Waals surface area (Å²) in [6.07, 6.45) is 3.75. The van der Waals surface area contributed by atoms with Gasteiger partial charge in [-0.05, 0) is 77.5 Å². The molecule has 8 rings (SSSR count). The molecule has 3 nitrogen and oxygen atoms in total. The van der Waals surface area contributed by atoms with Gasteiger partial charge in [-0.1, -0.05) is 115 Å². The van der Waals surface area contributed by atoms with Crippen LogP contribution in [0.2, 0.25) is 0 Å². The summed E-state index contributed by atoms with van der Waals surface area (Å²) < 4.78 is 6.08. The first kappa shape index (κ1) is 34.7. The van der Waals surface area contributed by atoms with Gasteiger partial charge in [0.15, 0.2) is 0 Å². The molecule has 0 unspecified atom stereocenters. The van der Waals surface area contributed by atoms with E-state index in [0.717, 1.165) is 50.0 Å². The van der Waals surface area contributed by atoms with Crippen LogP contribution in [0.3, 0.4) is 0 Å². The molecule has 3 heterocycles. The minimum absolute atomic E-state index is 0. The average molecular weight is 827 g/mol. The third kappa shape index (κ3) is 7.23. The Balaban J connectivity index is 0.000000176. The molecule has 0 spiro atoms. The van der Waals surface area contributed by atoms with Crippen LogP contribution in [0.15, 0.2) is 144 Å². The predicted molar refractivity (Wildman–Crippen MR) is 203 cm³/mol. The van der Waals surface area contributed by atoms with Crippen molar-refractivity contribution < 1.29 is 24.5 Å². The van der Waals surface area contributed by atoms with Gasteiger partial charge in [0.25, 0.3) is 0 Å². The quantitative estimate of drug-likeness (QED) is 0.162. The van der Waals surface area contributed by atoms with Crippen LogP contribution in [-0.2, 0) is 25.5 Å². The largest absolute Gasteiger partial charge is 0.501 e. The van der Waals surface area contributed by atoms with Gasteiger partial charge in [-0.25, -0.2) is 0 Å². The SMILES string of the molecule is Cc1ccc(-c2[c-]ccc3c2oc2cc(C)ccc23)nc1.Cc1ccc(-c2ccnc(-c3[c-]ccc(C(C)(C)c4ccccc4)c3)c2)cc1.[Ir]. The van der Waals surface area contributed by atoms with Crippen molar-refractivity contribution in [2.75, 3.05) is 0 Å². The smallest absolute Gasteiger partial charge is 0.121 e. The molecule has 0 saturated heterocycles. The average Bonchev–Trinajstić information content (AvgIpc) is 3.51. The molecule has 50 heavy (non-hydrogen) atoms. The number of furan rings is 1. The first-order chi connectivity index (χ1) is 23.8. The van der Waals surface area contributed by atoms with Gasteiger partial charge in [0, 0.05) is 37.9 Å². The van der Waals surface area contributed by atoms with Crippen LogP contribution in [0.5, 0.6) is 0 Å². The molecule has 0 fully saturated rings. The van der Waals surface area contributed by atoms with E-state index in [1.807, 2.05) is 43.6 Å². The van der Waals surface area contributed by atoms with E-state index in [1.54, 1.807) is 0 Å². The van der Waals surface area contributed by atoms with Gasteiger partial charge in [0.1, 0.15) is 5.58 Å². The van der Waals surface area contributed by atoms with E-state index in [9.17, 15) is 0 Å². The van der Waals surface area contributed by atoms with Crippen LogP contribution < -0.4 is 0 Å². The van der Waals surface area contributed by atoms with Crippen LogP contribution in [0, 0.1) is 32.9 Å². The van der Waals surface area contributed by atoms with Crippen molar-refractivity contribution in [3.63, 3.8) is 0 Å². The van der Waals surface area contributed by atoms with Crippen molar-refractivity contribution in [3.05, 3.63) is 180 Å². The van der Waals surface area contributed by atoms with E-state index in [1.165, 1.54) is 33.4 Å². The number of hydrogen-bond acceptors (Lipinski definition) is 3. The summed E-state index contributed by atoms with van der Waals surface area (Å²) in [6, 6.07) is 50.8. The summed E-state index contributed by atoms with van der Waals surface area (Å²) in [7, 11) is 0. The maximum absolute atomic E-state index is 6.08. The number of hydrogen-bond donors (Lipinski definition) is 0. The molecule has 5 aromatic carbocycles. The number of benzene rings is 5. The molecule has 0 amide bonds. The second kappa shape index (κ2) is 14.8. The molecular formula is C46H38IrN2O-2. The third-order valence-electron chi connectivity index (χ3n) is 9.20. The second-order valence-electron chi connectivity index (χ2n) is 13.2. The summed E-state index contributed by atoms with van der Waals surface area (Å²) >= 11 is 0. The molecule has 0 aliphatic carbocycles. The minimum Gasteiger partial charge on any atom is -0.501 e. The van der Waals surface area contributed by atoms with Crippen LogP contribution in [-0.4, -0.2) is 9.97 Å². The Morgan fingerprint density at radius 1 is 0.580 bits per heavy atom. The van der Waals surface area contributed by atoms with Gasteiger partial charge in [-0.3, -0.25) is 0 Å². The Bertz CT molecular complexity index is 2370. The zero-order chi connectivity index (χ0) is 34.0. The summed E-state index contributed by atoms with van der Waals surface area (Å²) in [5, 5.41) is 2.25. The Labute approximate surface area is 308 Å². The van der Waals surface area contributed by atoms with E-state index in [2.05, 4.69) is 153 Å². The second-order valence-corrected chi connectivity index (χ2v) is 13.2. The predicted octanol–water partition coefficient (Wildman–Crippen LogP) is 11.9. The van der Waals surface area contributed by atoms with Gasteiger partial charge in [-0.15, -0.1) is 53.6 Å². The molecule has 0 aliphatic heterocycles. The topological polar surface area (TPSA) is 38.9 Å². The number of rotatable bonds is 5. The van der Waals surface area contributed by atoms with Crippen LogP contribution in [0.1, 0.15) is 41.7 Å². The standard InChI is InChI=1S/C27H24N.C19H14NO.Ir/c1-20-12-14-21(15-13-20)22-16-17-28-26(19-22)23-8-7-11-25(18-23)27(2,3)24-9-5-4-6-10-24;1-12-6-8-14-15-4-3-5-16(19(15)21-18(14)10-12)17-9-7-13(2)11-20-17;/h4-7,9-19H,1-3H3;3-4,6-11H,1-2H3;/q2*-1;. The van der Waals surface area contributed by atoms with Gasteiger partial charge < -0.3 is 14.4 Å². The van der Waals surface area contributed by atoms with Crippen LogP contribution in [0.4, 0.5) is 0 Å². The maximum atomic E-state index is 6.08. The normalized spacial score (nSPS) is 11.1. The fourth-order valence-electron chi connectivity index (χ4n) is 6.18. The van der Waals surface area contributed by atoms with Crippen molar-refractivity contribution in [2.24, 2.45) is 0 Å². The molecule has 4 heteroatoms. The first-order valence-corrected chi connectivity index (χ1v) is 16.6. The molecule has 0 atom stereocenters.